The lowest BCUT2D eigenvalue weighted by atomic mass is 9.97. The van der Waals surface area contributed by atoms with Crippen molar-refractivity contribution in [1.82, 2.24) is 20.0 Å². The molecule has 3 rings (SSSR count). The molecule has 0 aromatic heterocycles. The first kappa shape index (κ1) is 14.7. The van der Waals surface area contributed by atoms with E-state index in [0.29, 0.717) is 12.5 Å². The van der Waals surface area contributed by atoms with Crippen molar-refractivity contribution in [2.24, 2.45) is 5.92 Å². The first-order valence-electron chi connectivity index (χ1n) is 7.78. The number of aliphatic hydroxyl groups excluding tert-OH is 1. The maximum Gasteiger partial charge on any atom is 0.242 e. The van der Waals surface area contributed by atoms with Crippen molar-refractivity contribution in [3.63, 3.8) is 0 Å². The molecule has 2 atom stereocenters. The number of amides is 2. The number of fused-ring (bicyclic) bond motifs is 1. The van der Waals surface area contributed by atoms with E-state index >= 15 is 0 Å². The zero-order valence-electron chi connectivity index (χ0n) is 12.5. The van der Waals surface area contributed by atoms with Crippen LogP contribution in [0.2, 0.25) is 0 Å². The van der Waals surface area contributed by atoms with E-state index in [1.54, 1.807) is 16.7 Å². The molecule has 0 saturated carbocycles. The Morgan fingerprint density at radius 2 is 1.95 bits per heavy atom. The van der Waals surface area contributed by atoms with Crippen LogP contribution in [-0.2, 0) is 9.59 Å². The van der Waals surface area contributed by atoms with E-state index in [4.69, 9.17) is 0 Å². The third kappa shape index (κ3) is 2.90. The highest BCUT2D eigenvalue weighted by Crippen LogP contribution is 2.24. The molecule has 3 aliphatic heterocycles. The van der Waals surface area contributed by atoms with E-state index in [2.05, 4.69) is 5.32 Å². The van der Waals surface area contributed by atoms with E-state index in [1.165, 1.54) is 0 Å². The van der Waals surface area contributed by atoms with Crippen LogP contribution in [0.5, 0.6) is 0 Å². The van der Waals surface area contributed by atoms with Gasteiger partial charge in [0, 0.05) is 6.54 Å². The van der Waals surface area contributed by atoms with Crippen LogP contribution in [-0.4, -0.2) is 83.3 Å². The van der Waals surface area contributed by atoms with Crippen molar-refractivity contribution in [2.75, 3.05) is 39.3 Å². The summed E-state index contributed by atoms with van der Waals surface area (Å²) in [6.45, 7) is 5.34. The summed E-state index contributed by atoms with van der Waals surface area (Å²) in [5, 5.41) is 13.1. The van der Waals surface area contributed by atoms with E-state index in [1.807, 2.05) is 4.90 Å². The lowest BCUT2D eigenvalue weighted by Crippen LogP contribution is -2.59. The Labute approximate surface area is 124 Å². The Bertz CT molecular complexity index is 422. The second-order valence-corrected chi connectivity index (χ2v) is 6.30. The minimum absolute atomic E-state index is 0.0329. The van der Waals surface area contributed by atoms with Crippen molar-refractivity contribution in [3.8, 4) is 0 Å². The number of aliphatic hydroxyl groups is 1. The summed E-state index contributed by atoms with van der Waals surface area (Å²) in [6, 6.07) is 0. The van der Waals surface area contributed by atoms with Crippen molar-refractivity contribution in [3.05, 3.63) is 0 Å². The fourth-order valence-corrected chi connectivity index (χ4v) is 3.57. The zero-order chi connectivity index (χ0) is 15.0. The smallest absolute Gasteiger partial charge is 0.242 e. The van der Waals surface area contributed by atoms with Crippen molar-refractivity contribution in [2.45, 2.75) is 32.2 Å². The summed E-state index contributed by atoms with van der Waals surface area (Å²) in [6.07, 6.45) is 1.35. The number of nitrogens with one attached hydrogen (secondary N) is 1. The topological polar surface area (TPSA) is 76.1 Å². The molecule has 2 unspecified atom stereocenters. The molecule has 0 aromatic carbocycles. The van der Waals surface area contributed by atoms with Gasteiger partial charge in [0.25, 0.3) is 0 Å². The number of nitrogens with zero attached hydrogens (tertiary/aromatic N) is 3. The molecular weight excluding hydrogens is 272 g/mol. The van der Waals surface area contributed by atoms with E-state index in [0.717, 1.165) is 32.5 Å². The molecule has 0 aliphatic carbocycles. The zero-order valence-corrected chi connectivity index (χ0v) is 12.5. The first-order valence-corrected chi connectivity index (χ1v) is 7.78. The Balaban J connectivity index is 1.67. The molecule has 0 aromatic rings. The maximum absolute atomic E-state index is 12.3. The van der Waals surface area contributed by atoms with Gasteiger partial charge in [-0.05, 0) is 38.8 Å². The molecule has 3 saturated heterocycles. The molecule has 2 amide bonds. The predicted octanol–water partition coefficient (Wildman–Crippen LogP) is -1.36. The van der Waals surface area contributed by atoms with Crippen LogP contribution < -0.4 is 5.32 Å². The van der Waals surface area contributed by atoms with Gasteiger partial charge in [0.2, 0.25) is 11.8 Å². The van der Waals surface area contributed by atoms with E-state index in [-0.39, 0.29) is 31.1 Å². The number of rotatable bonds is 3. The Kier molecular flexibility index (Phi) is 4.14. The molecule has 3 fully saturated rings. The van der Waals surface area contributed by atoms with Gasteiger partial charge in [0.15, 0.2) is 0 Å². The molecule has 3 heterocycles. The molecule has 0 radical (unpaired) electrons. The van der Waals surface area contributed by atoms with Gasteiger partial charge in [0.1, 0.15) is 18.9 Å². The van der Waals surface area contributed by atoms with Crippen LogP contribution in [0, 0.1) is 5.92 Å². The minimum Gasteiger partial charge on any atom is -0.379 e. The largest absolute Gasteiger partial charge is 0.379 e. The number of hydrogen-bond acceptors (Lipinski definition) is 5. The van der Waals surface area contributed by atoms with Gasteiger partial charge in [-0.3, -0.25) is 9.59 Å². The lowest BCUT2D eigenvalue weighted by Gasteiger charge is -2.41. The summed E-state index contributed by atoms with van der Waals surface area (Å²) in [5.74, 6) is 0.514. The summed E-state index contributed by atoms with van der Waals surface area (Å²) in [7, 11) is 0. The van der Waals surface area contributed by atoms with Gasteiger partial charge < -0.3 is 20.2 Å². The molecule has 7 heteroatoms. The number of hydrogen-bond donors (Lipinski definition) is 2. The molecule has 7 nitrogen and oxygen atoms in total. The van der Waals surface area contributed by atoms with Gasteiger partial charge in [-0.25, -0.2) is 4.90 Å². The fraction of sp³-hybridized carbons (Fsp3) is 0.857. The standard InChI is InChI=1S/C14H24N4O3/c1-10(19)17-9-14(21)18-8-13(20)16(7-12(17)18)6-11-2-4-15-5-3-11/h10-12,15,19H,2-9H2,1H3. The van der Waals surface area contributed by atoms with Crippen molar-refractivity contribution in [1.29, 1.82) is 0 Å². The van der Waals surface area contributed by atoms with Gasteiger partial charge >= 0.3 is 0 Å². The third-order valence-corrected chi connectivity index (χ3v) is 4.84. The average Bonchev–Trinajstić information content (AvgIpc) is 2.78. The average molecular weight is 296 g/mol. The van der Waals surface area contributed by atoms with Crippen molar-refractivity contribution < 1.29 is 14.7 Å². The molecule has 0 bridgehead atoms. The number of piperidine rings is 1. The summed E-state index contributed by atoms with van der Waals surface area (Å²) >= 11 is 0. The molecule has 0 spiro atoms. The van der Waals surface area contributed by atoms with Gasteiger partial charge in [-0.15, -0.1) is 0 Å². The second kappa shape index (κ2) is 5.90. The normalized spacial score (nSPS) is 29.9. The number of piperazine rings is 1. The van der Waals surface area contributed by atoms with Crippen LogP contribution in [0.4, 0.5) is 0 Å². The molecule has 2 N–H and O–H groups in total. The van der Waals surface area contributed by atoms with Gasteiger partial charge in [0.05, 0.1) is 13.1 Å². The van der Waals surface area contributed by atoms with Crippen LogP contribution in [0.15, 0.2) is 0 Å². The summed E-state index contributed by atoms with van der Waals surface area (Å²) < 4.78 is 0. The number of carbonyl (C=O) groups excluding carboxylic acids is 2. The first-order chi connectivity index (χ1) is 10.1. The van der Waals surface area contributed by atoms with E-state index in [9.17, 15) is 14.7 Å². The van der Waals surface area contributed by atoms with Crippen LogP contribution in [0.3, 0.4) is 0 Å². The Hall–Kier alpha value is -1.18. The highest BCUT2D eigenvalue weighted by molar-refractivity contribution is 5.88. The molecule has 21 heavy (non-hydrogen) atoms. The van der Waals surface area contributed by atoms with Crippen molar-refractivity contribution >= 4 is 11.8 Å². The van der Waals surface area contributed by atoms with Crippen LogP contribution in [0.25, 0.3) is 0 Å². The summed E-state index contributed by atoms with van der Waals surface area (Å²) in [4.78, 5) is 29.5. The van der Waals surface area contributed by atoms with Gasteiger partial charge in [-0.2, -0.15) is 0 Å². The summed E-state index contributed by atoms with van der Waals surface area (Å²) in [5.41, 5.74) is 0. The minimum atomic E-state index is -0.669. The highest BCUT2D eigenvalue weighted by atomic mass is 16.3. The predicted molar refractivity (Wildman–Crippen MR) is 76.1 cm³/mol. The SMILES string of the molecule is CC(O)N1CC(=O)N2CC(=O)N(CC3CCNCC3)CC21. The van der Waals surface area contributed by atoms with Crippen LogP contribution in [0.1, 0.15) is 19.8 Å². The maximum atomic E-state index is 12.3. The van der Waals surface area contributed by atoms with Crippen LogP contribution >= 0.6 is 0 Å². The second-order valence-electron chi connectivity index (χ2n) is 6.30. The Morgan fingerprint density at radius 3 is 2.62 bits per heavy atom. The lowest BCUT2D eigenvalue weighted by molar-refractivity contribution is -0.148. The monoisotopic (exact) mass is 296 g/mol. The molecule has 3 aliphatic rings. The fourth-order valence-electron chi connectivity index (χ4n) is 3.57. The molecular formula is C14H24N4O3. The Morgan fingerprint density at radius 1 is 1.24 bits per heavy atom. The third-order valence-electron chi connectivity index (χ3n) is 4.84. The quantitative estimate of drug-likeness (QED) is 0.672. The van der Waals surface area contributed by atoms with Gasteiger partial charge in [-0.1, -0.05) is 0 Å². The molecule has 118 valence electrons. The number of carbonyl (C=O) groups is 2. The van der Waals surface area contributed by atoms with E-state index < -0.39 is 6.23 Å². The highest BCUT2D eigenvalue weighted by Gasteiger charge is 2.45.